The van der Waals surface area contributed by atoms with Crippen LogP contribution in [0.3, 0.4) is 0 Å². The molecule has 3 rings (SSSR count). The smallest absolute Gasteiger partial charge is 0.251 e. The van der Waals surface area contributed by atoms with E-state index < -0.39 is 0 Å². The summed E-state index contributed by atoms with van der Waals surface area (Å²) in [6.07, 6.45) is 0.781. The first-order valence-electron chi connectivity index (χ1n) is 7.32. The van der Waals surface area contributed by atoms with Gasteiger partial charge < -0.3 is 24.6 Å². The molecule has 1 saturated heterocycles. The zero-order chi connectivity index (χ0) is 16.2. The van der Waals surface area contributed by atoms with Crippen LogP contribution < -0.4 is 14.8 Å². The van der Waals surface area contributed by atoms with Gasteiger partial charge in [-0.05, 0) is 18.2 Å². The van der Waals surface area contributed by atoms with Gasteiger partial charge in [-0.25, -0.2) is 0 Å². The maximum absolute atomic E-state index is 12.1. The fraction of sp³-hybridized carbons (Fsp3) is 0.400. The van der Waals surface area contributed by atoms with Gasteiger partial charge in [0.25, 0.3) is 5.91 Å². The van der Waals surface area contributed by atoms with Crippen molar-refractivity contribution >= 4 is 18.2 Å². The minimum Gasteiger partial charge on any atom is -0.454 e. The summed E-state index contributed by atoms with van der Waals surface area (Å²) in [5.41, 5.74) is 0.410. The average molecular weight is 319 g/mol. The normalized spacial score (nSPS) is 16.2. The van der Waals surface area contributed by atoms with Gasteiger partial charge >= 0.3 is 0 Å². The molecule has 0 aromatic heterocycles. The number of carbonyl (C=O) groups is 3. The molecule has 2 aliphatic heterocycles. The first-order valence-corrected chi connectivity index (χ1v) is 7.32. The number of nitrogens with one attached hydrogen (secondary N) is 1. The molecule has 0 radical (unpaired) electrons. The largest absolute Gasteiger partial charge is 0.454 e. The minimum absolute atomic E-state index is 0.0750. The van der Waals surface area contributed by atoms with Crippen LogP contribution in [-0.2, 0) is 9.59 Å². The molecule has 1 aromatic carbocycles. The summed E-state index contributed by atoms with van der Waals surface area (Å²) in [6, 6.07) is 4.87. The second kappa shape index (κ2) is 6.55. The number of amides is 3. The predicted octanol–water partition coefficient (Wildman–Crippen LogP) is -0.554. The van der Waals surface area contributed by atoms with Crippen LogP contribution in [0.2, 0.25) is 0 Å². The highest BCUT2D eigenvalue weighted by molar-refractivity contribution is 5.97. The average Bonchev–Trinajstić information content (AvgIpc) is 3.07. The molecule has 0 aliphatic carbocycles. The van der Waals surface area contributed by atoms with Crippen LogP contribution in [0, 0.1) is 0 Å². The molecule has 0 bridgehead atoms. The lowest BCUT2D eigenvalue weighted by Crippen LogP contribution is -2.50. The molecule has 23 heavy (non-hydrogen) atoms. The topological polar surface area (TPSA) is 88.2 Å². The molecule has 1 aromatic rings. The van der Waals surface area contributed by atoms with Crippen molar-refractivity contribution in [2.45, 2.75) is 0 Å². The lowest BCUT2D eigenvalue weighted by Gasteiger charge is -2.32. The van der Waals surface area contributed by atoms with Crippen molar-refractivity contribution in [3.8, 4) is 11.5 Å². The standard InChI is InChI=1S/C15H17N3O5/c19-9-17-3-5-18(6-4-17)14(20)8-16-15(21)11-1-2-12-13(7-11)23-10-22-12/h1-2,7,9H,3-6,8,10H2,(H,16,21). The Balaban J connectivity index is 1.51. The molecule has 2 aliphatic rings. The highest BCUT2D eigenvalue weighted by Gasteiger charge is 2.21. The van der Waals surface area contributed by atoms with Crippen molar-refractivity contribution in [1.82, 2.24) is 15.1 Å². The van der Waals surface area contributed by atoms with E-state index in [1.165, 1.54) is 0 Å². The molecule has 122 valence electrons. The summed E-state index contributed by atoms with van der Waals surface area (Å²) in [5, 5.41) is 2.60. The molecular weight excluding hydrogens is 302 g/mol. The maximum atomic E-state index is 12.1. The number of fused-ring (bicyclic) bond motifs is 1. The number of carbonyl (C=O) groups excluding carboxylic acids is 3. The molecule has 0 spiro atoms. The third-order valence-electron chi connectivity index (χ3n) is 3.85. The van der Waals surface area contributed by atoms with Gasteiger partial charge in [0.1, 0.15) is 0 Å². The van der Waals surface area contributed by atoms with Gasteiger partial charge in [-0.15, -0.1) is 0 Å². The van der Waals surface area contributed by atoms with Crippen LogP contribution in [0.5, 0.6) is 11.5 Å². The van der Waals surface area contributed by atoms with Crippen molar-refractivity contribution < 1.29 is 23.9 Å². The summed E-state index contributed by atoms with van der Waals surface area (Å²) < 4.78 is 10.4. The molecular formula is C15H17N3O5. The minimum atomic E-state index is -0.344. The summed E-state index contributed by atoms with van der Waals surface area (Å²) in [7, 11) is 0. The number of rotatable bonds is 4. The molecule has 1 fully saturated rings. The quantitative estimate of drug-likeness (QED) is 0.752. The fourth-order valence-corrected chi connectivity index (χ4v) is 2.48. The van der Waals surface area contributed by atoms with E-state index in [4.69, 9.17) is 9.47 Å². The van der Waals surface area contributed by atoms with E-state index in [0.717, 1.165) is 6.41 Å². The van der Waals surface area contributed by atoms with Crippen LogP contribution in [0.25, 0.3) is 0 Å². The second-order valence-electron chi connectivity index (χ2n) is 5.27. The number of nitrogens with zero attached hydrogens (tertiary/aromatic N) is 2. The van der Waals surface area contributed by atoms with E-state index in [2.05, 4.69) is 5.32 Å². The van der Waals surface area contributed by atoms with Crippen molar-refractivity contribution in [2.24, 2.45) is 0 Å². The highest BCUT2D eigenvalue weighted by Crippen LogP contribution is 2.32. The van der Waals surface area contributed by atoms with Gasteiger partial charge in [0, 0.05) is 31.7 Å². The molecule has 8 heteroatoms. The van der Waals surface area contributed by atoms with E-state index in [1.807, 2.05) is 0 Å². The Hall–Kier alpha value is -2.77. The lowest BCUT2D eigenvalue weighted by molar-refractivity contribution is -0.134. The van der Waals surface area contributed by atoms with Crippen LogP contribution in [-0.4, -0.2) is 67.5 Å². The van der Waals surface area contributed by atoms with E-state index in [0.29, 0.717) is 43.2 Å². The van der Waals surface area contributed by atoms with E-state index in [9.17, 15) is 14.4 Å². The van der Waals surface area contributed by atoms with Crippen molar-refractivity contribution in [3.05, 3.63) is 23.8 Å². The monoisotopic (exact) mass is 319 g/mol. The zero-order valence-corrected chi connectivity index (χ0v) is 12.5. The van der Waals surface area contributed by atoms with E-state index in [1.54, 1.807) is 28.0 Å². The fourth-order valence-electron chi connectivity index (χ4n) is 2.48. The SMILES string of the molecule is O=CN1CCN(C(=O)CNC(=O)c2ccc3c(c2)OCO3)CC1. The molecule has 0 saturated carbocycles. The summed E-state index contributed by atoms with van der Waals surface area (Å²) in [6.45, 7) is 2.08. The molecule has 3 amide bonds. The van der Waals surface area contributed by atoms with Crippen LogP contribution in [0.4, 0.5) is 0 Å². The molecule has 0 unspecified atom stereocenters. The van der Waals surface area contributed by atoms with Gasteiger partial charge in [-0.3, -0.25) is 14.4 Å². The summed E-state index contributed by atoms with van der Waals surface area (Å²) in [4.78, 5) is 38.1. The van der Waals surface area contributed by atoms with Gasteiger partial charge in [-0.1, -0.05) is 0 Å². The molecule has 0 atom stereocenters. The lowest BCUT2D eigenvalue weighted by atomic mass is 10.2. The van der Waals surface area contributed by atoms with E-state index >= 15 is 0 Å². The third-order valence-corrected chi connectivity index (χ3v) is 3.85. The predicted molar refractivity (Wildman–Crippen MR) is 79.1 cm³/mol. The van der Waals surface area contributed by atoms with Gasteiger partial charge in [-0.2, -0.15) is 0 Å². The van der Waals surface area contributed by atoms with E-state index in [-0.39, 0.29) is 25.2 Å². The van der Waals surface area contributed by atoms with Gasteiger partial charge in [0.15, 0.2) is 11.5 Å². The number of benzene rings is 1. The number of ether oxygens (including phenoxy) is 2. The van der Waals surface area contributed by atoms with Crippen LogP contribution in [0.15, 0.2) is 18.2 Å². The Kier molecular flexibility index (Phi) is 4.31. The Bertz CT molecular complexity index is 626. The Labute approximate surface area is 132 Å². The second-order valence-corrected chi connectivity index (χ2v) is 5.27. The Morgan fingerprint density at radius 1 is 1.13 bits per heavy atom. The van der Waals surface area contributed by atoms with Crippen molar-refractivity contribution in [1.29, 1.82) is 0 Å². The zero-order valence-electron chi connectivity index (χ0n) is 12.5. The first-order chi connectivity index (χ1) is 11.2. The van der Waals surface area contributed by atoms with Gasteiger partial charge in [0.2, 0.25) is 19.1 Å². The third kappa shape index (κ3) is 3.36. The summed E-state index contributed by atoms with van der Waals surface area (Å²) >= 11 is 0. The van der Waals surface area contributed by atoms with Crippen LogP contribution in [0.1, 0.15) is 10.4 Å². The maximum Gasteiger partial charge on any atom is 0.251 e. The van der Waals surface area contributed by atoms with Gasteiger partial charge in [0.05, 0.1) is 6.54 Å². The highest BCUT2D eigenvalue weighted by atomic mass is 16.7. The van der Waals surface area contributed by atoms with Crippen molar-refractivity contribution in [2.75, 3.05) is 39.5 Å². The number of hydrogen-bond donors (Lipinski definition) is 1. The Morgan fingerprint density at radius 2 is 1.87 bits per heavy atom. The molecule has 2 heterocycles. The van der Waals surface area contributed by atoms with Crippen LogP contribution >= 0.6 is 0 Å². The number of piperazine rings is 1. The first kappa shape index (κ1) is 15.1. The Morgan fingerprint density at radius 3 is 2.61 bits per heavy atom. The molecule has 1 N–H and O–H groups in total. The molecule has 8 nitrogen and oxygen atoms in total. The van der Waals surface area contributed by atoms with Crippen molar-refractivity contribution in [3.63, 3.8) is 0 Å². The summed E-state index contributed by atoms with van der Waals surface area (Å²) in [5.74, 6) is 0.618. The number of hydrogen-bond acceptors (Lipinski definition) is 5.